The van der Waals surface area contributed by atoms with Crippen LogP contribution in [-0.4, -0.2) is 16.1 Å². The molecule has 1 heterocycles. The van der Waals surface area contributed by atoms with Gasteiger partial charge in [0.1, 0.15) is 6.26 Å². The lowest BCUT2D eigenvalue weighted by Gasteiger charge is -2.01. The predicted octanol–water partition coefficient (Wildman–Crippen LogP) is 2.15. The number of carboxylic acid groups (broad SMARTS) is 1. The Morgan fingerprint density at radius 3 is 2.93 bits per heavy atom. The largest absolute Gasteiger partial charge is 0.478 e. The lowest BCUT2D eigenvalue weighted by Crippen LogP contribution is -1.99. The van der Waals surface area contributed by atoms with E-state index in [2.05, 4.69) is 11.1 Å². The highest BCUT2D eigenvalue weighted by atomic mass is 16.4. The van der Waals surface area contributed by atoms with E-state index >= 15 is 0 Å². The molecule has 0 amide bonds. The van der Waals surface area contributed by atoms with Crippen molar-refractivity contribution in [3.8, 4) is 11.5 Å². The first-order valence-electron chi connectivity index (χ1n) is 4.34. The fourth-order valence-corrected chi connectivity index (χ4v) is 1.31. The predicted molar refractivity (Wildman–Crippen MR) is 52.5 cm³/mol. The van der Waals surface area contributed by atoms with Gasteiger partial charge in [-0.3, -0.25) is 0 Å². The van der Waals surface area contributed by atoms with Gasteiger partial charge >= 0.3 is 5.97 Å². The molecule has 1 radical (unpaired) electrons. The standard InChI is InChI=1S/C11H8NO3/c1-7-6-8(10-12-4-5-15-10)2-3-9(7)11(13)14/h3-6H,1H3,(H,13,14). The highest BCUT2D eigenvalue weighted by Crippen LogP contribution is 2.19. The molecule has 0 aliphatic heterocycles. The van der Waals surface area contributed by atoms with E-state index in [0.717, 1.165) is 0 Å². The molecule has 0 fully saturated rings. The van der Waals surface area contributed by atoms with Crippen molar-refractivity contribution in [1.82, 2.24) is 4.98 Å². The zero-order chi connectivity index (χ0) is 10.8. The fraction of sp³-hybridized carbons (Fsp3) is 0.0909. The molecule has 0 aliphatic carbocycles. The lowest BCUT2D eigenvalue weighted by atomic mass is 10.1. The molecule has 1 aromatic heterocycles. The van der Waals surface area contributed by atoms with E-state index < -0.39 is 5.97 Å². The number of hydrogen-bond donors (Lipinski definition) is 1. The first kappa shape index (κ1) is 9.45. The summed E-state index contributed by atoms with van der Waals surface area (Å²) in [5.41, 5.74) is 1.56. The van der Waals surface area contributed by atoms with E-state index in [9.17, 15) is 4.79 Å². The molecule has 2 rings (SSSR count). The monoisotopic (exact) mass is 202 g/mol. The van der Waals surface area contributed by atoms with Crippen LogP contribution in [0.15, 0.2) is 29.0 Å². The molecule has 0 bridgehead atoms. The number of nitrogens with zero attached hydrogens (tertiary/aromatic N) is 1. The average Bonchev–Trinajstić information content (AvgIpc) is 2.69. The van der Waals surface area contributed by atoms with Crippen LogP contribution in [0.2, 0.25) is 0 Å². The Morgan fingerprint density at radius 1 is 1.60 bits per heavy atom. The van der Waals surface area contributed by atoms with Crippen molar-refractivity contribution >= 4 is 5.97 Å². The van der Waals surface area contributed by atoms with E-state index in [1.54, 1.807) is 13.0 Å². The molecule has 4 heteroatoms. The minimum atomic E-state index is -0.956. The van der Waals surface area contributed by atoms with Gasteiger partial charge in [0.15, 0.2) is 0 Å². The van der Waals surface area contributed by atoms with Gasteiger partial charge in [-0.05, 0) is 30.7 Å². The Morgan fingerprint density at radius 2 is 2.40 bits per heavy atom. The van der Waals surface area contributed by atoms with Crippen LogP contribution in [0.4, 0.5) is 0 Å². The third-order valence-corrected chi connectivity index (χ3v) is 2.05. The summed E-state index contributed by atoms with van der Waals surface area (Å²) in [5.74, 6) is -0.516. The van der Waals surface area contributed by atoms with Gasteiger partial charge in [0.25, 0.3) is 0 Å². The first-order valence-corrected chi connectivity index (χ1v) is 4.34. The molecule has 0 aliphatic rings. The number of benzene rings is 1. The number of carbonyl (C=O) groups is 1. The summed E-state index contributed by atoms with van der Waals surface area (Å²) in [5, 5.41) is 8.83. The number of carboxylic acids is 1. The highest BCUT2D eigenvalue weighted by molar-refractivity contribution is 5.89. The van der Waals surface area contributed by atoms with Gasteiger partial charge in [-0.2, -0.15) is 0 Å². The first-order chi connectivity index (χ1) is 7.18. The second kappa shape index (κ2) is 3.57. The molecule has 0 saturated heterocycles. The van der Waals surface area contributed by atoms with E-state index in [0.29, 0.717) is 17.0 Å². The van der Waals surface area contributed by atoms with Gasteiger partial charge in [0.2, 0.25) is 5.89 Å². The smallest absolute Gasteiger partial charge is 0.335 e. The molecule has 1 aromatic carbocycles. The SMILES string of the molecule is Cc1cc(-c2ncco2)[c]cc1C(=O)O. The maximum Gasteiger partial charge on any atom is 0.335 e. The van der Waals surface area contributed by atoms with Crippen LogP contribution in [-0.2, 0) is 0 Å². The number of hydrogen-bond acceptors (Lipinski definition) is 3. The Bertz CT molecular complexity index is 489. The van der Waals surface area contributed by atoms with Crippen molar-refractivity contribution in [1.29, 1.82) is 0 Å². The average molecular weight is 202 g/mol. The van der Waals surface area contributed by atoms with Crippen LogP contribution < -0.4 is 0 Å². The minimum Gasteiger partial charge on any atom is -0.478 e. The molecular weight excluding hydrogens is 194 g/mol. The maximum atomic E-state index is 10.8. The van der Waals surface area contributed by atoms with Crippen LogP contribution in [0, 0.1) is 13.0 Å². The Balaban J connectivity index is 2.47. The van der Waals surface area contributed by atoms with Crippen LogP contribution >= 0.6 is 0 Å². The van der Waals surface area contributed by atoms with Crippen molar-refractivity contribution in [3.05, 3.63) is 41.8 Å². The summed E-state index contributed by atoms with van der Waals surface area (Å²) in [6, 6.07) is 5.94. The molecule has 0 saturated carbocycles. The molecule has 0 spiro atoms. The molecule has 1 N–H and O–H groups in total. The Kier molecular flexibility index (Phi) is 2.25. The van der Waals surface area contributed by atoms with Gasteiger partial charge in [0, 0.05) is 5.56 Å². The van der Waals surface area contributed by atoms with Crippen molar-refractivity contribution < 1.29 is 14.3 Å². The van der Waals surface area contributed by atoms with E-state index in [1.165, 1.54) is 18.5 Å². The zero-order valence-electron chi connectivity index (χ0n) is 8.02. The summed E-state index contributed by atoms with van der Waals surface area (Å²) in [6.45, 7) is 1.73. The third kappa shape index (κ3) is 1.74. The minimum absolute atomic E-state index is 0.241. The van der Waals surface area contributed by atoms with Gasteiger partial charge in [0.05, 0.1) is 11.8 Å². The summed E-state index contributed by atoms with van der Waals surface area (Å²) >= 11 is 0. The van der Waals surface area contributed by atoms with Gasteiger partial charge in [-0.25, -0.2) is 9.78 Å². The normalized spacial score (nSPS) is 10.2. The van der Waals surface area contributed by atoms with Gasteiger partial charge in [-0.1, -0.05) is 0 Å². The summed E-state index contributed by atoms with van der Waals surface area (Å²) in [7, 11) is 0. The molecule has 0 unspecified atom stereocenters. The molecule has 2 aromatic rings. The Hall–Kier alpha value is -2.10. The quantitative estimate of drug-likeness (QED) is 0.810. The highest BCUT2D eigenvalue weighted by Gasteiger charge is 2.09. The van der Waals surface area contributed by atoms with Gasteiger partial charge < -0.3 is 9.52 Å². The third-order valence-electron chi connectivity index (χ3n) is 2.05. The van der Waals surface area contributed by atoms with E-state index in [1.807, 2.05) is 0 Å². The second-order valence-electron chi connectivity index (χ2n) is 3.09. The zero-order valence-corrected chi connectivity index (χ0v) is 8.02. The van der Waals surface area contributed by atoms with E-state index in [-0.39, 0.29) is 5.56 Å². The summed E-state index contributed by atoms with van der Waals surface area (Å²) < 4.78 is 5.09. The van der Waals surface area contributed by atoms with Crippen molar-refractivity contribution in [2.45, 2.75) is 6.92 Å². The van der Waals surface area contributed by atoms with Crippen molar-refractivity contribution in [3.63, 3.8) is 0 Å². The van der Waals surface area contributed by atoms with Crippen LogP contribution in [0.5, 0.6) is 0 Å². The maximum absolute atomic E-state index is 10.8. The molecule has 15 heavy (non-hydrogen) atoms. The van der Waals surface area contributed by atoms with E-state index in [4.69, 9.17) is 9.52 Å². The number of oxazole rings is 1. The molecule has 75 valence electrons. The van der Waals surface area contributed by atoms with Crippen LogP contribution in [0.25, 0.3) is 11.5 Å². The number of aromatic carboxylic acids is 1. The lowest BCUT2D eigenvalue weighted by molar-refractivity contribution is 0.0696. The number of aryl methyl sites for hydroxylation is 1. The molecule has 0 atom stereocenters. The number of rotatable bonds is 2. The molecular formula is C11H8NO3. The Labute approximate surface area is 86.2 Å². The van der Waals surface area contributed by atoms with Crippen molar-refractivity contribution in [2.24, 2.45) is 0 Å². The van der Waals surface area contributed by atoms with Gasteiger partial charge in [-0.15, -0.1) is 0 Å². The topological polar surface area (TPSA) is 63.3 Å². The van der Waals surface area contributed by atoms with Crippen molar-refractivity contribution in [2.75, 3.05) is 0 Å². The summed E-state index contributed by atoms with van der Waals surface area (Å²) in [4.78, 5) is 14.7. The van der Waals surface area contributed by atoms with Crippen LogP contribution in [0.1, 0.15) is 15.9 Å². The second-order valence-corrected chi connectivity index (χ2v) is 3.09. The summed E-state index contributed by atoms with van der Waals surface area (Å²) in [6.07, 6.45) is 2.99. The fourth-order valence-electron chi connectivity index (χ4n) is 1.31. The van der Waals surface area contributed by atoms with Crippen LogP contribution in [0.3, 0.4) is 0 Å². The molecule has 4 nitrogen and oxygen atoms in total. The number of aromatic nitrogens is 1.